The fraction of sp³-hybridized carbons (Fsp3) is 0.379. The molecule has 0 bridgehead atoms. The summed E-state index contributed by atoms with van der Waals surface area (Å²) in [5.41, 5.74) is 11.8. The maximum absolute atomic E-state index is 2.37. The predicted molar refractivity (Wildman–Crippen MR) is 127 cm³/mol. The molecule has 0 fully saturated rings. The van der Waals surface area contributed by atoms with Gasteiger partial charge in [-0.15, -0.1) is 0 Å². The van der Waals surface area contributed by atoms with Crippen molar-refractivity contribution in [3.63, 3.8) is 0 Å². The smallest absolute Gasteiger partial charge is 0.00667 e. The van der Waals surface area contributed by atoms with Crippen molar-refractivity contribution in [2.45, 2.75) is 72.6 Å². The molecular weight excluding hydrogens is 348 g/mol. The van der Waals surface area contributed by atoms with Crippen molar-refractivity contribution in [2.24, 2.45) is 0 Å². The summed E-state index contributed by atoms with van der Waals surface area (Å²) in [6.07, 6.45) is 0. The molecule has 0 amide bonds. The van der Waals surface area contributed by atoms with E-state index < -0.39 is 0 Å². The standard InChI is InChI=1S/C29H36/c1-19-20(2)26(22(4)24-15-11-9-12-16-24)28(29(6,7)8)27(21(19)3)23(5)25-17-13-10-14-18-25/h9-18,22-23H,1-8H3/t22-,23-/m1/s1. The fourth-order valence-electron chi connectivity index (χ4n) is 4.91. The van der Waals surface area contributed by atoms with E-state index in [1.165, 1.54) is 44.5 Å². The van der Waals surface area contributed by atoms with Gasteiger partial charge < -0.3 is 0 Å². The number of hydrogen-bond donors (Lipinski definition) is 0. The van der Waals surface area contributed by atoms with Crippen LogP contribution in [0.4, 0.5) is 0 Å². The highest BCUT2D eigenvalue weighted by Gasteiger charge is 2.31. The molecule has 0 spiro atoms. The van der Waals surface area contributed by atoms with Gasteiger partial charge in [0.15, 0.2) is 0 Å². The van der Waals surface area contributed by atoms with Crippen molar-refractivity contribution in [3.8, 4) is 0 Å². The molecular formula is C29H36. The van der Waals surface area contributed by atoms with Gasteiger partial charge in [0.25, 0.3) is 0 Å². The SMILES string of the molecule is Cc1c(C)c([C@H](C)c2ccccc2)c(C(C)(C)C)c([C@H](C)c2ccccc2)c1C. The molecule has 0 aromatic heterocycles. The van der Waals surface area contributed by atoms with Gasteiger partial charge in [-0.3, -0.25) is 0 Å². The topological polar surface area (TPSA) is 0 Å². The molecule has 0 aliphatic rings. The summed E-state index contributed by atoms with van der Waals surface area (Å²) >= 11 is 0. The summed E-state index contributed by atoms with van der Waals surface area (Å²) < 4.78 is 0. The van der Waals surface area contributed by atoms with Crippen LogP contribution in [0.2, 0.25) is 0 Å². The van der Waals surface area contributed by atoms with Crippen LogP contribution >= 0.6 is 0 Å². The quantitative estimate of drug-likeness (QED) is 0.425. The van der Waals surface area contributed by atoms with Gasteiger partial charge in [-0.25, -0.2) is 0 Å². The van der Waals surface area contributed by atoms with Crippen LogP contribution in [0.3, 0.4) is 0 Å². The zero-order chi connectivity index (χ0) is 21.3. The summed E-state index contributed by atoms with van der Waals surface area (Å²) in [5, 5.41) is 0. The summed E-state index contributed by atoms with van der Waals surface area (Å²) in [6.45, 7) is 18.8. The van der Waals surface area contributed by atoms with Crippen LogP contribution in [0.15, 0.2) is 60.7 Å². The second-order valence-corrected chi connectivity index (χ2v) is 9.59. The Kier molecular flexibility index (Phi) is 6.03. The third-order valence-electron chi connectivity index (χ3n) is 6.69. The van der Waals surface area contributed by atoms with Crippen LogP contribution in [0.5, 0.6) is 0 Å². The molecule has 0 aliphatic carbocycles. The van der Waals surface area contributed by atoms with Crippen LogP contribution in [-0.4, -0.2) is 0 Å². The lowest BCUT2D eigenvalue weighted by Crippen LogP contribution is -2.23. The largest absolute Gasteiger partial charge is 0.0622 e. The van der Waals surface area contributed by atoms with E-state index >= 15 is 0 Å². The molecule has 29 heavy (non-hydrogen) atoms. The maximum Gasteiger partial charge on any atom is 0.00667 e. The average Bonchev–Trinajstić information content (AvgIpc) is 2.71. The highest BCUT2D eigenvalue weighted by Crippen LogP contribution is 2.45. The first-order valence-corrected chi connectivity index (χ1v) is 10.9. The lowest BCUT2D eigenvalue weighted by molar-refractivity contribution is 0.565. The van der Waals surface area contributed by atoms with Crippen LogP contribution in [0.1, 0.15) is 91.0 Å². The Bertz CT molecular complexity index is 900. The Morgan fingerprint density at radius 2 is 0.897 bits per heavy atom. The van der Waals surface area contributed by atoms with E-state index in [0.29, 0.717) is 11.8 Å². The van der Waals surface area contributed by atoms with Gasteiger partial charge in [-0.2, -0.15) is 0 Å². The third-order valence-corrected chi connectivity index (χ3v) is 6.69. The van der Waals surface area contributed by atoms with Gasteiger partial charge >= 0.3 is 0 Å². The molecule has 0 unspecified atom stereocenters. The first-order valence-electron chi connectivity index (χ1n) is 10.9. The number of hydrogen-bond acceptors (Lipinski definition) is 0. The molecule has 2 atom stereocenters. The Labute approximate surface area is 178 Å². The Hall–Kier alpha value is -2.34. The van der Waals surface area contributed by atoms with Crippen molar-refractivity contribution in [2.75, 3.05) is 0 Å². The normalized spacial score (nSPS) is 13.9. The molecule has 0 heterocycles. The summed E-state index contributed by atoms with van der Waals surface area (Å²) in [7, 11) is 0. The third kappa shape index (κ3) is 4.04. The second-order valence-electron chi connectivity index (χ2n) is 9.59. The van der Waals surface area contributed by atoms with Crippen LogP contribution in [-0.2, 0) is 5.41 Å². The summed E-state index contributed by atoms with van der Waals surface area (Å²) in [5.74, 6) is 0.734. The van der Waals surface area contributed by atoms with E-state index in [4.69, 9.17) is 0 Å². The minimum Gasteiger partial charge on any atom is -0.0622 e. The van der Waals surface area contributed by atoms with E-state index in [1.807, 2.05) is 0 Å². The molecule has 3 rings (SSSR count). The highest BCUT2D eigenvalue weighted by molar-refractivity contribution is 5.58. The highest BCUT2D eigenvalue weighted by atomic mass is 14.4. The Morgan fingerprint density at radius 3 is 1.21 bits per heavy atom. The Morgan fingerprint density at radius 1 is 0.552 bits per heavy atom. The number of rotatable bonds is 4. The minimum absolute atomic E-state index is 0.0694. The first kappa shape index (κ1) is 21.4. The zero-order valence-corrected chi connectivity index (χ0v) is 19.4. The van der Waals surface area contributed by atoms with Crippen LogP contribution < -0.4 is 0 Å². The number of benzene rings is 3. The van der Waals surface area contributed by atoms with Crippen molar-refractivity contribution in [3.05, 3.63) is 105 Å². The van der Waals surface area contributed by atoms with Crippen molar-refractivity contribution in [1.82, 2.24) is 0 Å². The van der Waals surface area contributed by atoms with Gasteiger partial charge in [-0.1, -0.05) is 95.3 Å². The van der Waals surface area contributed by atoms with E-state index in [2.05, 4.69) is 116 Å². The van der Waals surface area contributed by atoms with Crippen molar-refractivity contribution in [1.29, 1.82) is 0 Å². The molecule has 0 radical (unpaired) electrons. The molecule has 3 aromatic rings. The van der Waals surface area contributed by atoms with Gasteiger partial charge in [0.2, 0.25) is 0 Å². The van der Waals surface area contributed by atoms with E-state index in [1.54, 1.807) is 0 Å². The molecule has 3 aromatic carbocycles. The first-order chi connectivity index (χ1) is 13.6. The van der Waals surface area contributed by atoms with Gasteiger partial charge in [-0.05, 0) is 70.7 Å². The molecule has 0 saturated heterocycles. The van der Waals surface area contributed by atoms with Crippen LogP contribution in [0.25, 0.3) is 0 Å². The van der Waals surface area contributed by atoms with E-state index in [0.717, 1.165) is 0 Å². The molecule has 0 aliphatic heterocycles. The van der Waals surface area contributed by atoms with Gasteiger partial charge in [0.1, 0.15) is 0 Å². The minimum atomic E-state index is 0.0694. The molecule has 0 nitrogen and oxygen atoms in total. The molecule has 0 heteroatoms. The lowest BCUT2D eigenvalue weighted by atomic mass is 9.69. The lowest BCUT2D eigenvalue weighted by Gasteiger charge is -2.35. The maximum atomic E-state index is 2.37. The average molecular weight is 385 g/mol. The predicted octanol–water partition coefficient (Wildman–Crippen LogP) is 8.21. The second kappa shape index (κ2) is 8.19. The summed E-state index contributed by atoms with van der Waals surface area (Å²) in [6, 6.07) is 21.9. The Balaban J connectivity index is 2.36. The monoisotopic (exact) mass is 384 g/mol. The van der Waals surface area contributed by atoms with Crippen molar-refractivity contribution >= 4 is 0 Å². The van der Waals surface area contributed by atoms with Crippen molar-refractivity contribution < 1.29 is 0 Å². The summed E-state index contributed by atoms with van der Waals surface area (Å²) in [4.78, 5) is 0. The molecule has 0 N–H and O–H groups in total. The van der Waals surface area contributed by atoms with Gasteiger partial charge in [0, 0.05) is 11.8 Å². The van der Waals surface area contributed by atoms with Crippen LogP contribution in [0, 0.1) is 20.8 Å². The van der Waals surface area contributed by atoms with E-state index in [9.17, 15) is 0 Å². The zero-order valence-electron chi connectivity index (χ0n) is 19.4. The van der Waals surface area contributed by atoms with Gasteiger partial charge in [0.05, 0.1) is 0 Å². The molecule has 152 valence electrons. The van der Waals surface area contributed by atoms with E-state index in [-0.39, 0.29) is 5.41 Å². The molecule has 0 saturated carbocycles. The fourth-order valence-corrected chi connectivity index (χ4v) is 4.91.